The zero-order valence-corrected chi connectivity index (χ0v) is 6.34. The van der Waals surface area contributed by atoms with Crippen LogP contribution in [0.25, 0.3) is 0 Å². The lowest BCUT2D eigenvalue weighted by atomic mass is 10.0. The van der Waals surface area contributed by atoms with Crippen molar-refractivity contribution in [2.45, 2.75) is 31.7 Å². The predicted octanol–water partition coefficient (Wildman–Crippen LogP) is 1.02. The standard InChI is InChI=1S/C8H13NO/c1-9-7-4-2-3-6(7)5-8(9)10/h6-7H,2-5H2,1H3. The van der Waals surface area contributed by atoms with E-state index in [4.69, 9.17) is 0 Å². The summed E-state index contributed by atoms with van der Waals surface area (Å²) in [5.41, 5.74) is 0. The van der Waals surface area contributed by atoms with Gasteiger partial charge in [0, 0.05) is 19.5 Å². The van der Waals surface area contributed by atoms with E-state index in [0.29, 0.717) is 17.9 Å². The summed E-state index contributed by atoms with van der Waals surface area (Å²) in [5, 5.41) is 0. The van der Waals surface area contributed by atoms with Crippen molar-refractivity contribution in [1.82, 2.24) is 4.90 Å². The van der Waals surface area contributed by atoms with Crippen LogP contribution in [0, 0.1) is 5.92 Å². The van der Waals surface area contributed by atoms with E-state index in [2.05, 4.69) is 0 Å². The summed E-state index contributed by atoms with van der Waals surface area (Å²) in [5.74, 6) is 1.06. The quantitative estimate of drug-likeness (QED) is 0.490. The molecule has 2 aliphatic rings. The molecule has 0 aromatic carbocycles. The van der Waals surface area contributed by atoms with Gasteiger partial charge in [0.05, 0.1) is 0 Å². The van der Waals surface area contributed by atoms with Crippen molar-refractivity contribution < 1.29 is 4.79 Å². The molecule has 2 nitrogen and oxygen atoms in total. The number of amides is 1. The number of carbonyl (C=O) groups excluding carboxylic acids is 1. The molecular weight excluding hydrogens is 126 g/mol. The van der Waals surface area contributed by atoms with E-state index in [1.165, 1.54) is 19.3 Å². The Balaban J connectivity index is 2.16. The van der Waals surface area contributed by atoms with Gasteiger partial charge in [0.1, 0.15) is 0 Å². The molecule has 1 heterocycles. The van der Waals surface area contributed by atoms with Gasteiger partial charge in [-0.25, -0.2) is 0 Å². The fraction of sp³-hybridized carbons (Fsp3) is 0.875. The average molecular weight is 139 g/mol. The third-order valence-electron chi connectivity index (χ3n) is 2.95. The molecule has 0 bridgehead atoms. The van der Waals surface area contributed by atoms with Crippen molar-refractivity contribution in [3.8, 4) is 0 Å². The molecule has 1 amide bonds. The first-order valence-corrected chi connectivity index (χ1v) is 4.04. The molecule has 10 heavy (non-hydrogen) atoms. The second-order valence-electron chi connectivity index (χ2n) is 3.47. The summed E-state index contributed by atoms with van der Waals surface area (Å²) in [7, 11) is 1.94. The molecule has 2 atom stereocenters. The smallest absolute Gasteiger partial charge is 0.222 e. The van der Waals surface area contributed by atoms with Gasteiger partial charge in [-0.1, -0.05) is 6.42 Å². The van der Waals surface area contributed by atoms with Crippen LogP contribution in [0.5, 0.6) is 0 Å². The molecular formula is C8H13NO. The van der Waals surface area contributed by atoms with Gasteiger partial charge in [-0.05, 0) is 18.8 Å². The largest absolute Gasteiger partial charge is 0.342 e. The van der Waals surface area contributed by atoms with Crippen molar-refractivity contribution in [2.24, 2.45) is 5.92 Å². The Bertz CT molecular complexity index is 167. The van der Waals surface area contributed by atoms with Gasteiger partial charge in [-0.15, -0.1) is 0 Å². The van der Waals surface area contributed by atoms with Crippen LogP contribution < -0.4 is 0 Å². The predicted molar refractivity (Wildman–Crippen MR) is 38.5 cm³/mol. The van der Waals surface area contributed by atoms with Crippen LogP contribution >= 0.6 is 0 Å². The van der Waals surface area contributed by atoms with Crippen LogP contribution in [0.1, 0.15) is 25.7 Å². The van der Waals surface area contributed by atoms with Crippen molar-refractivity contribution in [3.05, 3.63) is 0 Å². The zero-order chi connectivity index (χ0) is 7.14. The zero-order valence-electron chi connectivity index (χ0n) is 6.34. The highest BCUT2D eigenvalue weighted by atomic mass is 16.2. The lowest BCUT2D eigenvalue weighted by Gasteiger charge is -2.17. The van der Waals surface area contributed by atoms with Crippen molar-refractivity contribution >= 4 is 5.91 Å². The number of fused-ring (bicyclic) bond motifs is 1. The number of hydrogen-bond donors (Lipinski definition) is 0. The summed E-state index contributed by atoms with van der Waals surface area (Å²) < 4.78 is 0. The molecule has 2 fully saturated rings. The molecule has 1 aliphatic heterocycles. The Labute approximate surface area is 61.2 Å². The lowest BCUT2D eigenvalue weighted by molar-refractivity contribution is -0.127. The van der Waals surface area contributed by atoms with Gasteiger partial charge < -0.3 is 4.90 Å². The Hall–Kier alpha value is -0.530. The SMILES string of the molecule is CN1C(=O)CC2CCCC21. The van der Waals surface area contributed by atoms with E-state index in [9.17, 15) is 4.79 Å². The molecule has 56 valence electrons. The lowest BCUT2D eigenvalue weighted by Crippen LogP contribution is -2.28. The maximum Gasteiger partial charge on any atom is 0.222 e. The summed E-state index contributed by atoms with van der Waals surface area (Å²) in [6, 6.07) is 0.604. The van der Waals surface area contributed by atoms with Gasteiger partial charge in [-0.3, -0.25) is 4.79 Å². The number of rotatable bonds is 0. The molecule has 1 aliphatic carbocycles. The van der Waals surface area contributed by atoms with E-state index in [-0.39, 0.29) is 0 Å². The van der Waals surface area contributed by atoms with Crippen LogP contribution in [0.4, 0.5) is 0 Å². The van der Waals surface area contributed by atoms with Crippen LogP contribution in [0.15, 0.2) is 0 Å². The second kappa shape index (κ2) is 1.97. The van der Waals surface area contributed by atoms with Crippen LogP contribution in [-0.4, -0.2) is 23.9 Å². The van der Waals surface area contributed by atoms with Crippen LogP contribution in [0.2, 0.25) is 0 Å². The summed E-state index contributed by atoms with van der Waals surface area (Å²) in [4.78, 5) is 13.1. The molecule has 0 aromatic heterocycles. The second-order valence-corrected chi connectivity index (χ2v) is 3.47. The maximum absolute atomic E-state index is 11.1. The van der Waals surface area contributed by atoms with E-state index in [1.807, 2.05) is 11.9 Å². The minimum Gasteiger partial charge on any atom is -0.342 e. The fourth-order valence-electron chi connectivity index (χ4n) is 2.32. The van der Waals surface area contributed by atoms with E-state index >= 15 is 0 Å². The number of carbonyl (C=O) groups is 1. The van der Waals surface area contributed by atoms with Crippen molar-refractivity contribution in [3.63, 3.8) is 0 Å². The van der Waals surface area contributed by atoms with Gasteiger partial charge in [0.15, 0.2) is 0 Å². The monoisotopic (exact) mass is 139 g/mol. The summed E-state index contributed by atoms with van der Waals surface area (Å²) in [6.07, 6.45) is 4.67. The number of hydrogen-bond acceptors (Lipinski definition) is 1. The Morgan fingerprint density at radius 2 is 2.30 bits per heavy atom. The normalized spacial score (nSPS) is 38.9. The minimum absolute atomic E-state index is 0.356. The first-order valence-electron chi connectivity index (χ1n) is 4.04. The van der Waals surface area contributed by atoms with Crippen molar-refractivity contribution in [1.29, 1.82) is 0 Å². The van der Waals surface area contributed by atoms with E-state index in [0.717, 1.165) is 6.42 Å². The summed E-state index contributed by atoms with van der Waals surface area (Å²) >= 11 is 0. The van der Waals surface area contributed by atoms with E-state index < -0.39 is 0 Å². The third kappa shape index (κ3) is 0.678. The van der Waals surface area contributed by atoms with Crippen LogP contribution in [0.3, 0.4) is 0 Å². The highest BCUT2D eigenvalue weighted by molar-refractivity contribution is 5.79. The molecule has 1 saturated carbocycles. The highest BCUT2D eigenvalue weighted by Crippen LogP contribution is 2.37. The average Bonchev–Trinajstić information content (AvgIpc) is 2.41. The van der Waals surface area contributed by atoms with Gasteiger partial charge in [0.25, 0.3) is 0 Å². The van der Waals surface area contributed by atoms with Gasteiger partial charge in [-0.2, -0.15) is 0 Å². The number of likely N-dealkylation sites (tertiary alicyclic amines) is 1. The molecule has 0 spiro atoms. The molecule has 0 N–H and O–H groups in total. The molecule has 2 unspecified atom stereocenters. The summed E-state index contributed by atoms with van der Waals surface area (Å²) in [6.45, 7) is 0. The van der Waals surface area contributed by atoms with Gasteiger partial charge >= 0.3 is 0 Å². The third-order valence-corrected chi connectivity index (χ3v) is 2.95. The van der Waals surface area contributed by atoms with E-state index in [1.54, 1.807) is 0 Å². The number of nitrogens with zero attached hydrogens (tertiary/aromatic N) is 1. The Morgan fingerprint density at radius 3 is 3.00 bits per heavy atom. The molecule has 1 saturated heterocycles. The molecule has 2 heteroatoms. The maximum atomic E-state index is 11.1. The molecule has 2 rings (SSSR count). The molecule has 0 radical (unpaired) electrons. The Kier molecular flexibility index (Phi) is 1.22. The molecule has 0 aromatic rings. The van der Waals surface area contributed by atoms with Gasteiger partial charge in [0.2, 0.25) is 5.91 Å². The topological polar surface area (TPSA) is 20.3 Å². The first-order chi connectivity index (χ1) is 4.79. The highest BCUT2D eigenvalue weighted by Gasteiger charge is 2.39. The minimum atomic E-state index is 0.356. The van der Waals surface area contributed by atoms with Crippen molar-refractivity contribution in [2.75, 3.05) is 7.05 Å². The Morgan fingerprint density at radius 1 is 1.50 bits per heavy atom. The first kappa shape index (κ1) is 6.20. The fourth-order valence-corrected chi connectivity index (χ4v) is 2.32. The van der Waals surface area contributed by atoms with Crippen LogP contribution in [-0.2, 0) is 4.79 Å².